The van der Waals surface area contributed by atoms with Crippen molar-refractivity contribution in [3.8, 4) is 5.75 Å². The Kier molecular flexibility index (Phi) is 8.47. The summed E-state index contributed by atoms with van der Waals surface area (Å²) in [4.78, 5) is 33.7. The van der Waals surface area contributed by atoms with Gasteiger partial charge in [0.15, 0.2) is 0 Å². The summed E-state index contributed by atoms with van der Waals surface area (Å²) in [7, 11) is 1.47. The van der Waals surface area contributed by atoms with E-state index in [0.29, 0.717) is 25.4 Å². The van der Waals surface area contributed by atoms with Gasteiger partial charge in [-0.2, -0.15) is 0 Å². The van der Waals surface area contributed by atoms with Crippen LogP contribution in [0.15, 0.2) is 30.6 Å². The van der Waals surface area contributed by atoms with Gasteiger partial charge in [0.05, 0.1) is 24.1 Å². The average molecular weight is 404 g/mol. The molecule has 1 aromatic heterocycles. The zero-order valence-electron chi connectivity index (χ0n) is 16.5. The first kappa shape index (κ1) is 22.2. The fraction of sp³-hybridized carbons (Fsp3) is 0.400. The van der Waals surface area contributed by atoms with Gasteiger partial charge in [-0.05, 0) is 25.5 Å². The van der Waals surface area contributed by atoms with Crippen LogP contribution in [0.2, 0.25) is 0 Å². The van der Waals surface area contributed by atoms with Crippen molar-refractivity contribution in [2.75, 3.05) is 33.3 Å². The second-order valence-corrected chi connectivity index (χ2v) is 6.52. The van der Waals surface area contributed by atoms with Crippen LogP contribution in [-0.2, 0) is 11.3 Å². The van der Waals surface area contributed by atoms with Gasteiger partial charge in [0.1, 0.15) is 11.6 Å². The van der Waals surface area contributed by atoms with Gasteiger partial charge in [0, 0.05) is 51.2 Å². The molecule has 1 amide bonds. The summed E-state index contributed by atoms with van der Waals surface area (Å²) >= 11 is 0. The zero-order valence-corrected chi connectivity index (χ0v) is 16.5. The van der Waals surface area contributed by atoms with Crippen LogP contribution >= 0.6 is 0 Å². The van der Waals surface area contributed by atoms with Crippen molar-refractivity contribution in [3.63, 3.8) is 0 Å². The van der Waals surface area contributed by atoms with Crippen LogP contribution in [0.1, 0.15) is 28.2 Å². The molecule has 1 saturated heterocycles. The fourth-order valence-corrected chi connectivity index (χ4v) is 3.03. The molecular formula is C20H25FN4O4. The third-order valence-corrected chi connectivity index (χ3v) is 4.50. The monoisotopic (exact) mass is 404 g/mol. The smallest absolute Gasteiger partial charge is 0.290 e. The molecule has 2 aromatic rings. The summed E-state index contributed by atoms with van der Waals surface area (Å²) in [6, 6.07) is 4.34. The molecule has 0 spiro atoms. The van der Waals surface area contributed by atoms with Crippen molar-refractivity contribution in [1.82, 2.24) is 19.8 Å². The van der Waals surface area contributed by atoms with Gasteiger partial charge >= 0.3 is 0 Å². The summed E-state index contributed by atoms with van der Waals surface area (Å²) in [5.41, 5.74) is 1.89. The van der Waals surface area contributed by atoms with Crippen molar-refractivity contribution < 1.29 is 23.8 Å². The van der Waals surface area contributed by atoms with Gasteiger partial charge in [-0.25, -0.2) is 4.39 Å². The highest BCUT2D eigenvalue weighted by atomic mass is 19.1. The van der Waals surface area contributed by atoms with Gasteiger partial charge in [0.25, 0.3) is 12.4 Å². The Balaban J connectivity index is 0.000000941. The summed E-state index contributed by atoms with van der Waals surface area (Å²) in [6.07, 6.45) is 4.38. The molecule has 8 nitrogen and oxygen atoms in total. The first-order valence-corrected chi connectivity index (χ1v) is 9.19. The minimum atomic E-state index is -0.551. The number of hydrogen-bond donors (Lipinski definition) is 1. The summed E-state index contributed by atoms with van der Waals surface area (Å²) < 4.78 is 19.2. The Labute approximate surface area is 168 Å². The molecule has 0 unspecified atom stereocenters. The van der Waals surface area contributed by atoms with E-state index in [1.165, 1.54) is 19.2 Å². The van der Waals surface area contributed by atoms with Crippen LogP contribution in [0.4, 0.5) is 4.39 Å². The molecule has 2 heterocycles. The van der Waals surface area contributed by atoms with Gasteiger partial charge in [-0.1, -0.05) is 0 Å². The first-order valence-electron chi connectivity index (χ1n) is 9.19. The standard InChI is InChI=1S/C19H23FN4O2.CH2O2/c1-14-11-22-15(12-21-14)13-23-6-3-7-24(9-8-23)19(25)17-5-4-16(26-2)10-18(17)20;2-1-3/h4-5,10-12H,3,6-9,13H2,1-2H3;1H,(H,2,3). The molecule has 0 bridgehead atoms. The number of nitrogens with zero attached hydrogens (tertiary/aromatic N) is 4. The molecule has 3 rings (SSSR count). The van der Waals surface area contributed by atoms with Gasteiger partial charge in [-0.15, -0.1) is 0 Å². The molecule has 1 aliphatic rings. The number of benzene rings is 1. The number of carbonyl (C=O) groups excluding carboxylic acids is 1. The maximum Gasteiger partial charge on any atom is 0.290 e. The number of ether oxygens (including phenoxy) is 1. The van der Waals surface area contributed by atoms with Crippen molar-refractivity contribution >= 4 is 12.4 Å². The number of carbonyl (C=O) groups is 2. The van der Waals surface area contributed by atoms with Crippen molar-refractivity contribution in [2.45, 2.75) is 19.9 Å². The Morgan fingerprint density at radius 3 is 2.62 bits per heavy atom. The zero-order chi connectivity index (χ0) is 21.2. The number of rotatable bonds is 4. The molecule has 0 radical (unpaired) electrons. The second kappa shape index (κ2) is 11.1. The topological polar surface area (TPSA) is 95.9 Å². The number of halogens is 1. The Hall–Kier alpha value is -3.07. The van der Waals surface area contributed by atoms with E-state index in [1.54, 1.807) is 23.4 Å². The van der Waals surface area contributed by atoms with Crippen LogP contribution in [0.3, 0.4) is 0 Å². The normalized spacial score (nSPS) is 14.4. The molecule has 156 valence electrons. The number of carboxylic acid groups (broad SMARTS) is 1. The SMILES string of the molecule is COc1ccc(C(=O)N2CCCN(Cc3cnc(C)cn3)CC2)c(F)c1.O=CO. The lowest BCUT2D eigenvalue weighted by Gasteiger charge is -2.22. The minimum Gasteiger partial charge on any atom is -0.497 e. The Morgan fingerprint density at radius 1 is 1.24 bits per heavy atom. The first-order chi connectivity index (χ1) is 14.0. The lowest BCUT2D eigenvalue weighted by molar-refractivity contribution is -0.122. The van der Waals surface area contributed by atoms with E-state index in [2.05, 4.69) is 14.9 Å². The van der Waals surface area contributed by atoms with Crippen LogP contribution in [0, 0.1) is 12.7 Å². The van der Waals surface area contributed by atoms with Crippen molar-refractivity contribution in [2.24, 2.45) is 0 Å². The van der Waals surface area contributed by atoms with Crippen molar-refractivity contribution in [1.29, 1.82) is 0 Å². The molecule has 9 heteroatoms. The van der Waals surface area contributed by atoms with E-state index in [1.807, 2.05) is 6.92 Å². The maximum atomic E-state index is 14.2. The van der Waals surface area contributed by atoms with Crippen LogP contribution < -0.4 is 4.74 Å². The van der Waals surface area contributed by atoms with Gasteiger partial charge in [0.2, 0.25) is 0 Å². The number of aromatic nitrogens is 2. The summed E-state index contributed by atoms with van der Waals surface area (Å²) in [6.45, 7) is 5.12. The van der Waals surface area contributed by atoms with Crippen molar-refractivity contribution in [3.05, 3.63) is 53.4 Å². The molecule has 0 atom stereocenters. The highest BCUT2D eigenvalue weighted by molar-refractivity contribution is 5.94. The lowest BCUT2D eigenvalue weighted by atomic mass is 10.1. The van der Waals surface area contributed by atoms with E-state index in [0.717, 1.165) is 30.9 Å². The van der Waals surface area contributed by atoms with Gasteiger partial charge < -0.3 is 14.7 Å². The maximum absolute atomic E-state index is 14.2. The molecule has 1 fully saturated rings. The number of aryl methyl sites for hydroxylation is 1. The second-order valence-electron chi connectivity index (χ2n) is 6.52. The summed E-state index contributed by atoms with van der Waals surface area (Å²) in [5.74, 6) is -0.423. The fourth-order valence-electron chi connectivity index (χ4n) is 3.03. The number of amides is 1. The van der Waals surface area contributed by atoms with Crippen LogP contribution in [-0.4, -0.2) is 70.5 Å². The Bertz CT molecular complexity index is 817. The number of hydrogen-bond acceptors (Lipinski definition) is 6. The molecule has 0 saturated carbocycles. The molecule has 1 aliphatic heterocycles. The molecule has 1 aromatic carbocycles. The van der Waals surface area contributed by atoms with E-state index in [9.17, 15) is 9.18 Å². The molecular weight excluding hydrogens is 379 g/mol. The predicted molar refractivity (Wildman–Crippen MR) is 104 cm³/mol. The van der Waals surface area contributed by atoms with E-state index in [-0.39, 0.29) is 17.9 Å². The Morgan fingerprint density at radius 2 is 2.00 bits per heavy atom. The van der Waals surface area contributed by atoms with E-state index < -0.39 is 5.82 Å². The number of methoxy groups -OCH3 is 1. The van der Waals surface area contributed by atoms with Crippen LogP contribution in [0.25, 0.3) is 0 Å². The quantitative estimate of drug-likeness (QED) is 0.779. The third kappa shape index (κ3) is 6.49. The average Bonchev–Trinajstić information content (AvgIpc) is 2.95. The lowest BCUT2D eigenvalue weighted by Crippen LogP contribution is -2.35. The minimum absolute atomic E-state index is 0.0867. The third-order valence-electron chi connectivity index (χ3n) is 4.50. The van der Waals surface area contributed by atoms with E-state index in [4.69, 9.17) is 14.6 Å². The molecule has 0 aliphatic carbocycles. The summed E-state index contributed by atoms with van der Waals surface area (Å²) in [5, 5.41) is 6.89. The van der Waals surface area contributed by atoms with Crippen LogP contribution in [0.5, 0.6) is 5.75 Å². The largest absolute Gasteiger partial charge is 0.497 e. The molecule has 29 heavy (non-hydrogen) atoms. The molecule has 1 N–H and O–H groups in total. The predicted octanol–water partition coefficient (Wildman–Crippen LogP) is 1.98. The van der Waals surface area contributed by atoms with E-state index >= 15 is 0 Å². The highest BCUT2D eigenvalue weighted by Crippen LogP contribution is 2.19. The van der Waals surface area contributed by atoms with Gasteiger partial charge in [-0.3, -0.25) is 24.5 Å². The highest BCUT2D eigenvalue weighted by Gasteiger charge is 2.23.